The highest BCUT2D eigenvalue weighted by molar-refractivity contribution is 5.29. The van der Waals surface area contributed by atoms with Crippen molar-refractivity contribution < 1.29 is 9.90 Å². The zero-order valence-electron chi connectivity index (χ0n) is 2.39. The predicted octanol–water partition coefficient (Wildman–Crippen LogP) is -1.26. The Morgan fingerprint density at radius 1 is 1.75 bits per heavy atom. The standard InChI is InChI=1S/CH2O2.H3N/c2-1-3;/h1H,(H,2,3);1H3/i;1+1. The van der Waals surface area contributed by atoms with Crippen LogP contribution in [0.2, 0.25) is 0 Å². The van der Waals surface area contributed by atoms with E-state index in [1.807, 2.05) is 0 Å². The van der Waals surface area contributed by atoms with E-state index in [0.717, 1.165) is 0 Å². The van der Waals surface area contributed by atoms with Gasteiger partial charge in [-0.3, -0.25) is 0 Å². The molecule has 0 bridgehead atoms. The molecule has 3 heteroatoms. The van der Waals surface area contributed by atoms with E-state index in [9.17, 15) is 0 Å². The van der Waals surface area contributed by atoms with E-state index in [1.165, 1.54) is 0 Å². The minimum Gasteiger partial charge on any atom is -0.554 e. The van der Waals surface area contributed by atoms with Crippen molar-refractivity contribution in [2.75, 3.05) is 0 Å². The summed E-state index contributed by atoms with van der Waals surface area (Å²) in [6.07, 6.45) is 0. The number of hydrogen-bond acceptors (Lipinski definition) is 2. The second-order valence-electron chi connectivity index (χ2n) is 0.0962. The van der Waals surface area contributed by atoms with E-state index in [1.54, 1.807) is 0 Å². The smallest absolute Gasteiger partial charge is 0.0275 e. The maximum absolute atomic E-state index is 8.25. The van der Waals surface area contributed by atoms with Gasteiger partial charge in [-0.2, -0.15) is 0 Å². The first-order valence-electron chi connectivity index (χ1n) is 0.471. The third kappa shape index (κ3) is 0.814. The number of hydrogen-bond donors (Lipinski definition) is 1. The lowest BCUT2D eigenvalue weighted by atomic mass is 11.7. The van der Waals surface area contributed by atoms with Gasteiger partial charge in [0.15, 0.2) is 0 Å². The maximum Gasteiger partial charge on any atom is 0.0275 e. The SMILES string of the molecule is O=C[O-].[15NH4+]. The fourth-order valence-electron chi connectivity index (χ4n) is 0. The molecule has 0 spiro atoms. The molecular weight excluding hydrogens is 59.0 g/mol. The molecule has 0 atom stereocenters. The fraction of sp³-hybridized carbons (Fsp3) is 0. The maximum atomic E-state index is 8.25. The molecule has 0 unspecified atom stereocenters. The molecule has 0 aromatic heterocycles. The molecule has 0 aromatic rings. The molecular formula is CH5NO2. The normalized spacial score (nSPS) is 3.00. The van der Waals surface area contributed by atoms with Gasteiger partial charge in [-0.1, -0.05) is 0 Å². The third-order valence-corrected chi connectivity index (χ3v) is 0. The Morgan fingerprint density at radius 2 is 1.75 bits per heavy atom. The van der Waals surface area contributed by atoms with E-state index in [0.29, 0.717) is 0 Å². The van der Waals surface area contributed by atoms with Crippen LogP contribution in [0.5, 0.6) is 0 Å². The highest BCUT2D eigenvalue weighted by Gasteiger charge is 0.996. The van der Waals surface area contributed by atoms with Gasteiger partial charge in [0.05, 0.1) is 0 Å². The van der Waals surface area contributed by atoms with E-state index in [4.69, 9.17) is 9.90 Å². The van der Waals surface area contributed by atoms with Crippen LogP contribution in [-0.2, 0) is 4.79 Å². The molecule has 0 heterocycles. The number of rotatable bonds is 0. The van der Waals surface area contributed by atoms with Gasteiger partial charge in [0.25, 0.3) is 0 Å². The van der Waals surface area contributed by atoms with E-state index >= 15 is 0 Å². The average Bonchev–Trinajstić information content (AvgIpc) is 0.918. The van der Waals surface area contributed by atoms with Crippen molar-refractivity contribution in [3.63, 3.8) is 0 Å². The zero-order chi connectivity index (χ0) is 2.71. The molecule has 0 fully saturated rings. The van der Waals surface area contributed by atoms with Gasteiger partial charge in [0.1, 0.15) is 0 Å². The lowest BCUT2D eigenvalue weighted by Gasteiger charge is -1.52. The predicted molar refractivity (Wildman–Crippen MR) is 12.0 cm³/mol. The third-order valence-electron chi connectivity index (χ3n) is 0. The van der Waals surface area contributed by atoms with Gasteiger partial charge < -0.3 is 16.1 Å². The van der Waals surface area contributed by atoms with Crippen molar-refractivity contribution in [2.45, 2.75) is 0 Å². The molecule has 0 aliphatic rings. The van der Waals surface area contributed by atoms with Crippen LogP contribution in [-0.4, -0.2) is 6.47 Å². The molecule has 26 valence electrons. The van der Waals surface area contributed by atoms with Crippen LogP contribution in [0.25, 0.3) is 0 Å². The van der Waals surface area contributed by atoms with Crippen molar-refractivity contribution >= 4 is 6.47 Å². The fourth-order valence-corrected chi connectivity index (χ4v) is 0. The van der Waals surface area contributed by atoms with Crippen molar-refractivity contribution in [2.24, 2.45) is 0 Å². The Labute approximate surface area is 23.8 Å². The zero-order valence-corrected chi connectivity index (χ0v) is 2.39. The van der Waals surface area contributed by atoms with E-state index in [-0.39, 0.29) is 6.15 Å². The molecule has 4 heavy (non-hydrogen) atoms. The molecule has 0 aliphatic heterocycles. The molecule has 4 N–H and O–H groups in total. The van der Waals surface area contributed by atoms with Crippen LogP contribution in [0.1, 0.15) is 0 Å². The summed E-state index contributed by atoms with van der Waals surface area (Å²) in [5.74, 6) is 0. The lowest BCUT2D eigenvalue weighted by molar-refractivity contribution is -0.283. The van der Waals surface area contributed by atoms with Crippen molar-refractivity contribution in [3.8, 4) is 0 Å². The van der Waals surface area contributed by atoms with Crippen molar-refractivity contribution in [1.82, 2.24) is 6.15 Å². The molecule has 3 nitrogen and oxygen atoms in total. The van der Waals surface area contributed by atoms with Crippen molar-refractivity contribution in [1.29, 1.82) is 0 Å². The summed E-state index contributed by atoms with van der Waals surface area (Å²) in [7, 11) is 0. The summed E-state index contributed by atoms with van der Waals surface area (Å²) >= 11 is 0. The Hall–Kier alpha value is -0.570. The molecule has 0 aliphatic carbocycles. The summed E-state index contributed by atoms with van der Waals surface area (Å²) in [5.41, 5.74) is 0. The van der Waals surface area contributed by atoms with Gasteiger partial charge in [0.2, 0.25) is 0 Å². The first-order valence-corrected chi connectivity index (χ1v) is 0.471. The van der Waals surface area contributed by atoms with Crippen LogP contribution in [0.15, 0.2) is 0 Å². The first-order chi connectivity index (χ1) is 1.41. The van der Waals surface area contributed by atoms with Crippen LogP contribution < -0.4 is 11.3 Å². The molecule has 0 aromatic carbocycles. The number of carboxylic acid groups (broad SMARTS) is 1. The molecule has 0 amide bonds. The highest BCUT2D eigenvalue weighted by Crippen LogP contribution is 0.754. The molecule has 0 radical (unpaired) electrons. The quantitative estimate of drug-likeness (QED) is 0.282. The van der Waals surface area contributed by atoms with Crippen LogP contribution in [0.3, 0.4) is 0 Å². The number of carbonyl (C=O) groups excluding carboxylic acids is 1. The van der Waals surface area contributed by atoms with Crippen LogP contribution in [0.4, 0.5) is 0 Å². The highest BCUT2D eigenvalue weighted by atomic mass is 16.3. The summed E-state index contributed by atoms with van der Waals surface area (Å²) in [5, 5.41) is 8.25. The average molecular weight is 64.0 g/mol. The Morgan fingerprint density at radius 3 is 1.75 bits per heavy atom. The monoisotopic (exact) mass is 64.0 g/mol. The van der Waals surface area contributed by atoms with Crippen LogP contribution >= 0.6 is 0 Å². The van der Waals surface area contributed by atoms with Gasteiger partial charge in [-0.05, 0) is 0 Å². The summed E-state index contributed by atoms with van der Waals surface area (Å²) in [4.78, 5) is 8.25. The van der Waals surface area contributed by atoms with Gasteiger partial charge >= 0.3 is 0 Å². The molecule has 0 rings (SSSR count). The topological polar surface area (TPSA) is 76.6 Å². The summed E-state index contributed by atoms with van der Waals surface area (Å²) < 4.78 is 0. The first kappa shape index (κ1) is 9.90. The Balaban J connectivity index is 0. The number of carbonyl (C=O) groups is 1. The summed E-state index contributed by atoms with van der Waals surface area (Å²) in [6, 6.07) is 0. The van der Waals surface area contributed by atoms with Gasteiger partial charge in [0, 0.05) is 6.47 Å². The number of quaternary nitrogens is 1. The lowest BCUT2D eigenvalue weighted by Crippen LogP contribution is -2.01. The van der Waals surface area contributed by atoms with Crippen LogP contribution in [0, 0.1) is 0 Å². The summed E-state index contributed by atoms with van der Waals surface area (Å²) in [6.45, 7) is -0.500. The second-order valence-corrected chi connectivity index (χ2v) is 0.0962. The van der Waals surface area contributed by atoms with Gasteiger partial charge in [-0.15, -0.1) is 0 Å². The van der Waals surface area contributed by atoms with E-state index < -0.39 is 6.47 Å². The Kier molecular flexibility index (Phi) is 66.5. The minimum absolute atomic E-state index is 0. The van der Waals surface area contributed by atoms with Crippen molar-refractivity contribution in [3.05, 3.63) is 0 Å². The second kappa shape index (κ2) is 26.9. The van der Waals surface area contributed by atoms with Gasteiger partial charge in [-0.25, -0.2) is 0 Å². The van der Waals surface area contributed by atoms with E-state index in [2.05, 4.69) is 0 Å². The molecule has 0 saturated heterocycles. The largest absolute Gasteiger partial charge is 0.554 e. The molecule has 0 saturated carbocycles. The Bertz CT molecular complexity index is 13.5. The minimum atomic E-state index is -0.500.